The highest BCUT2D eigenvalue weighted by Crippen LogP contribution is 2.17. The molecule has 0 atom stereocenters. The summed E-state index contributed by atoms with van der Waals surface area (Å²) in [5.41, 5.74) is 0.775. The SMILES string of the molecule is CCNS(=O)(=O)c1ccc(N(C)CCC(=O)O)cc1. The van der Waals surface area contributed by atoms with Crippen molar-refractivity contribution in [3.05, 3.63) is 24.3 Å². The number of hydrogen-bond acceptors (Lipinski definition) is 4. The average molecular weight is 286 g/mol. The Balaban J connectivity index is 2.79. The van der Waals surface area contributed by atoms with Crippen LogP contribution in [-0.2, 0) is 14.8 Å². The van der Waals surface area contributed by atoms with E-state index in [0.29, 0.717) is 13.1 Å². The third kappa shape index (κ3) is 4.53. The minimum absolute atomic E-state index is 0.0357. The standard InChI is InChI=1S/C12H18N2O4S/c1-3-13-19(17,18)11-6-4-10(5-7-11)14(2)9-8-12(15)16/h4-7,13H,3,8-9H2,1-2H3,(H,15,16). The molecule has 6 nitrogen and oxygen atoms in total. The molecule has 0 saturated heterocycles. The van der Waals surface area contributed by atoms with E-state index in [1.54, 1.807) is 31.0 Å². The van der Waals surface area contributed by atoms with Crippen LogP contribution in [0, 0.1) is 0 Å². The van der Waals surface area contributed by atoms with E-state index in [2.05, 4.69) is 4.72 Å². The molecule has 0 bridgehead atoms. The number of sulfonamides is 1. The molecule has 0 aliphatic carbocycles. The van der Waals surface area contributed by atoms with Crippen LogP contribution in [0.2, 0.25) is 0 Å². The van der Waals surface area contributed by atoms with E-state index in [0.717, 1.165) is 5.69 Å². The molecule has 0 fully saturated rings. The van der Waals surface area contributed by atoms with E-state index in [4.69, 9.17) is 5.11 Å². The second-order valence-electron chi connectivity index (χ2n) is 4.06. The van der Waals surface area contributed by atoms with Crippen molar-refractivity contribution in [1.29, 1.82) is 0 Å². The van der Waals surface area contributed by atoms with E-state index in [1.807, 2.05) is 0 Å². The Morgan fingerprint density at radius 1 is 1.32 bits per heavy atom. The molecular weight excluding hydrogens is 268 g/mol. The summed E-state index contributed by atoms with van der Waals surface area (Å²) in [4.78, 5) is 12.4. The van der Waals surface area contributed by atoms with Crippen LogP contribution in [0.15, 0.2) is 29.2 Å². The van der Waals surface area contributed by atoms with Crippen LogP contribution in [0.3, 0.4) is 0 Å². The number of carbonyl (C=O) groups is 1. The molecule has 0 heterocycles. The first-order valence-electron chi connectivity index (χ1n) is 5.89. The van der Waals surface area contributed by atoms with Gasteiger partial charge in [-0.25, -0.2) is 13.1 Å². The van der Waals surface area contributed by atoms with Gasteiger partial charge in [0.15, 0.2) is 0 Å². The molecule has 1 aromatic carbocycles. The summed E-state index contributed by atoms with van der Waals surface area (Å²) < 4.78 is 25.9. The van der Waals surface area contributed by atoms with Crippen molar-refractivity contribution >= 4 is 21.7 Å². The first-order chi connectivity index (χ1) is 8.86. The average Bonchev–Trinajstić information content (AvgIpc) is 2.36. The van der Waals surface area contributed by atoms with Gasteiger partial charge < -0.3 is 10.0 Å². The number of rotatable bonds is 7. The third-order valence-corrected chi connectivity index (χ3v) is 4.14. The lowest BCUT2D eigenvalue weighted by molar-refractivity contribution is -0.136. The predicted molar refractivity (Wildman–Crippen MR) is 72.8 cm³/mol. The number of anilines is 1. The van der Waals surface area contributed by atoms with Crippen LogP contribution < -0.4 is 9.62 Å². The zero-order valence-electron chi connectivity index (χ0n) is 11.0. The molecule has 1 aromatic rings. The van der Waals surface area contributed by atoms with Crippen molar-refractivity contribution in [2.45, 2.75) is 18.2 Å². The van der Waals surface area contributed by atoms with Crippen LogP contribution in [0.5, 0.6) is 0 Å². The Bertz CT molecular complexity index is 525. The molecule has 1 rings (SSSR count). The number of aliphatic carboxylic acids is 1. The normalized spacial score (nSPS) is 11.3. The fourth-order valence-electron chi connectivity index (χ4n) is 1.55. The first-order valence-corrected chi connectivity index (χ1v) is 7.38. The highest BCUT2D eigenvalue weighted by Gasteiger charge is 2.12. The van der Waals surface area contributed by atoms with E-state index < -0.39 is 16.0 Å². The van der Waals surface area contributed by atoms with Gasteiger partial charge in [-0.05, 0) is 24.3 Å². The third-order valence-electron chi connectivity index (χ3n) is 2.58. The van der Waals surface area contributed by atoms with Gasteiger partial charge in [0.2, 0.25) is 10.0 Å². The van der Waals surface area contributed by atoms with Crippen molar-refractivity contribution in [1.82, 2.24) is 4.72 Å². The second-order valence-corrected chi connectivity index (χ2v) is 5.83. The van der Waals surface area contributed by atoms with Crippen molar-refractivity contribution in [2.24, 2.45) is 0 Å². The summed E-state index contributed by atoms with van der Waals surface area (Å²) in [6.07, 6.45) is 0.0357. The Labute approximate surface area is 113 Å². The minimum atomic E-state index is -3.44. The summed E-state index contributed by atoms with van der Waals surface area (Å²) in [5.74, 6) is -0.863. The van der Waals surface area contributed by atoms with Crippen LogP contribution >= 0.6 is 0 Å². The number of nitrogens with one attached hydrogen (secondary N) is 1. The van der Waals surface area contributed by atoms with Gasteiger partial charge in [-0.1, -0.05) is 6.92 Å². The molecule has 0 radical (unpaired) electrons. The summed E-state index contributed by atoms with van der Waals surface area (Å²) in [7, 11) is -1.68. The molecule has 19 heavy (non-hydrogen) atoms. The van der Waals surface area contributed by atoms with Crippen LogP contribution in [0.1, 0.15) is 13.3 Å². The van der Waals surface area contributed by atoms with Gasteiger partial charge in [0.1, 0.15) is 0 Å². The topological polar surface area (TPSA) is 86.7 Å². The molecule has 0 amide bonds. The highest BCUT2D eigenvalue weighted by molar-refractivity contribution is 7.89. The monoisotopic (exact) mass is 286 g/mol. The van der Waals surface area contributed by atoms with Gasteiger partial charge in [-0.3, -0.25) is 4.79 Å². The van der Waals surface area contributed by atoms with Crippen LogP contribution in [0.4, 0.5) is 5.69 Å². The van der Waals surface area contributed by atoms with Gasteiger partial charge in [0.25, 0.3) is 0 Å². The maximum absolute atomic E-state index is 11.7. The summed E-state index contributed by atoms with van der Waals surface area (Å²) >= 11 is 0. The molecule has 0 aliphatic rings. The number of carboxylic acid groups (broad SMARTS) is 1. The molecule has 0 saturated carbocycles. The lowest BCUT2D eigenvalue weighted by Gasteiger charge is -2.18. The summed E-state index contributed by atoms with van der Waals surface area (Å²) in [6, 6.07) is 6.33. The van der Waals surface area contributed by atoms with Crippen molar-refractivity contribution in [3.63, 3.8) is 0 Å². The van der Waals surface area contributed by atoms with Crippen LogP contribution in [-0.4, -0.2) is 39.6 Å². The predicted octanol–water partition coefficient (Wildman–Crippen LogP) is 0.896. The zero-order valence-corrected chi connectivity index (χ0v) is 11.8. The van der Waals surface area contributed by atoms with E-state index in [-0.39, 0.29) is 11.3 Å². The Morgan fingerprint density at radius 3 is 2.37 bits per heavy atom. The molecule has 0 unspecified atom stereocenters. The zero-order chi connectivity index (χ0) is 14.5. The summed E-state index contributed by atoms with van der Waals surface area (Å²) in [5, 5.41) is 8.60. The Morgan fingerprint density at radius 2 is 1.89 bits per heavy atom. The van der Waals surface area contributed by atoms with Gasteiger partial charge in [-0.2, -0.15) is 0 Å². The van der Waals surface area contributed by atoms with E-state index >= 15 is 0 Å². The molecule has 0 aliphatic heterocycles. The minimum Gasteiger partial charge on any atom is -0.481 e. The molecule has 7 heteroatoms. The van der Waals surface area contributed by atoms with E-state index in [9.17, 15) is 13.2 Å². The second kappa shape index (κ2) is 6.53. The van der Waals surface area contributed by atoms with Crippen LogP contribution in [0.25, 0.3) is 0 Å². The lowest BCUT2D eigenvalue weighted by atomic mass is 10.3. The molecule has 0 aromatic heterocycles. The smallest absolute Gasteiger partial charge is 0.305 e. The number of nitrogens with zero attached hydrogens (tertiary/aromatic N) is 1. The fraction of sp³-hybridized carbons (Fsp3) is 0.417. The van der Waals surface area contributed by atoms with Gasteiger partial charge >= 0.3 is 5.97 Å². The molecule has 2 N–H and O–H groups in total. The van der Waals surface area contributed by atoms with Crippen molar-refractivity contribution < 1.29 is 18.3 Å². The summed E-state index contributed by atoms with van der Waals surface area (Å²) in [6.45, 7) is 2.42. The number of benzene rings is 1. The number of hydrogen-bond donors (Lipinski definition) is 2. The molecule has 106 valence electrons. The molecule has 0 spiro atoms. The van der Waals surface area contributed by atoms with Gasteiger partial charge in [-0.15, -0.1) is 0 Å². The van der Waals surface area contributed by atoms with Crippen molar-refractivity contribution in [3.8, 4) is 0 Å². The lowest BCUT2D eigenvalue weighted by Crippen LogP contribution is -2.23. The molecular formula is C12H18N2O4S. The quantitative estimate of drug-likeness (QED) is 0.777. The number of carboxylic acids is 1. The van der Waals surface area contributed by atoms with E-state index in [1.165, 1.54) is 12.1 Å². The maximum Gasteiger partial charge on any atom is 0.305 e. The van der Waals surface area contributed by atoms with Crippen molar-refractivity contribution in [2.75, 3.05) is 25.0 Å². The van der Waals surface area contributed by atoms with Gasteiger partial charge in [0.05, 0.1) is 11.3 Å². The van der Waals surface area contributed by atoms with Gasteiger partial charge in [0, 0.05) is 25.8 Å². The maximum atomic E-state index is 11.7. The fourth-order valence-corrected chi connectivity index (χ4v) is 2.59. The Hall–Kier alpha value is -1.60. The largest absolute Gasteiger partial charge is 0.481 e. The first kappa shape index (κ1) is 15.5. The highest BCUT2D eigenvalue weighted by atomic mass is 32.2. The Kier molecular flexibility index (Phi) is 5.31.